The molecule has 0 saturated carbocycles. The van der Waals surface area contributed by atoms with Crippen LogP contribution < -0.4 is 0 Å². The summed E-state index contributed by atoms with van der Waals surface area (Å²) in [6, 6.07) is 65.2. The number of benzene rings is 9. The van der Waals surface area contributed by atoms with E-state index in [2.05, 4.69) is 191 Å². The molecule has 0 saturated heterocycles. The molecule has 0 bridgehead atoms. The number of fused-ring (bicyclic) bond motifs is 14. The molecule has 0 atom stereocenters. The van der Waals surface area contributed by atoms with Crippen LogP contribution in [0.3, 0.4) is 0 Å². The minimum Gasteiger partial charge on any atom is -0.309 e. The van der Waals surface area contributed by atoms with Crippen LogP contribution in [0, 0.1) is 0 Å². The molecule has 0 aliphatic heterocycles. The zero-order chi connectivity index (χ0) is 35.3. The van der Waals surface area contributed by atoms with Crippen LogP contribution in [0.1, 0.15) is 0 Å². The number of aromatic nitrogens is 4. The first-order valence-electron chi connectivity index (χ1n) is 18.4. The maximum absolute atomic E-state index is 5.69. The average Bonchev–Trinajstić information content (AvgIpc) is 3.76. The van der Waals surface area contributed by atoms with Crippen LogP contribution in [0.2, 0.25) is 0 Å². The smallest absolute Gasteiger partial charge is 0.165 e. The molecule has 0 aliphatic carbocycles. The zero-order valence-corrected chi connectivity index (χ0v) is 29.1. The summed E-state index contributed by atoms with van der Waals surface area (Å²) in [6.07, 6.45) is 0. The third kappa shape index (κ3) is 4.02. The molecule has 9 aromatic carbocycles. The fraction of sp³-hybridized carbons (Fsp3) is 0. The topological polar surface area (TPSA) is 35.6 Å². The summed E-state index contributed by atoms with van der Waals surface area (Å²) in [4.78, 5) is 11.3. The highest BCUT2D eigenvalue weighted by molar-refractivity contribution is 6.29. The van der Waals surface area contributed by atoms with Crippen LogP contribution in [0.4, 0.5) is 0 Å². The van der Waals surface area contributed by atoms with Gasteiger partial charge in [0.25, 0.3) is 0 Å². The largest absolute Gasteiger partial charge is 0.309 e. The molecular weight excluding hydrogens is 657 g/mol. The number of nitrogens with zero attached hydrogens (tertiary/aromatic N) is 4. The minimum atomic E-state index is 0.818. The van der Waals surface area contributed by atoms with Crippen LogP contribution in [0.15, 0.2) is 182 Å². The first kappa shape index (κ1) is 29.3. The van der Waals surface area contributed by atoms with E-state index in [1.54, 1.807) is 0 Å². The summed E-state index contributed by atoms with van der Waals surface area (Å²) in [5.74, 6) is 0.818. The van der Waals surface area contributed by atoms with Gasteiger partial charge in [-0.15, -0.1) is 0 Å². The van der Waals surface area contributed by atoms with Gasteiger partial charge in [0.05, 0.1) is 33.1 Å². The van der Waals surface area contributed by atoms with Crippen LogP contribution in [-0.4, -0.2) is 19.1 Å². The maximum Gasteiger partial charge on any atom is 0.165 e. The normalized spacial score (nSPS) is 12.1. The maximum atomic E-state index is 5.69. The number of hydrogen-bond acceptors (Lipinski definition) is 2. The van der Waals surface area contributed by atoms with Crippen molar-refractivity contribution in [3.05, 3.63) is 182 Å². The van der Waals surface area contributed by atoms with Crippen molar-refractivity contribution in [2.45, 2.75) is 0 Å². The van der Waals surface area contributed by atoms with E-state index in [1.165, 1.54) is 54.1 Å². The Morgan fingerprint density at radius 2 is 0.833 bits per heavy atom. The Labute approximate surface area is 309 Å². The summed E-state index contributed by atoms with van der Waals surface area (Å²) in [7, 11) is 0. The Kier molecular flexibility index (Phi) is 6.02. The molecule has 12 rings (SSSR count). The van der Waals surface area contributed by atoms with Crippen molar-refractivity contribution in [3.8, 4) is 22.8 Å². The second-order valence-electron chi connectivity index (χ2n) is 14.1. The molecule has 0 radical (unpaired) electrons. The Morgan fingerprint density at radius 3 is 1.50 bits per heavy atom. The monoisotopic (exact) mass is 686 g/mol. The Bertz CT molecular complexity index is 3500. The molecule has 0 fully saturated rings. The number of hydrogen-bond donors (Lipinski definition) is 0. The Hall–Kier alpha value is -7.30. The molecular formula is C50H30N4. The van der Waals surface area contributed by atoms with Crippen LogP contribution in [0.5, 0.6) is 0 Å². The molecule has 54 heavy (non-hydrogen) atoms. The standard InChI is InChI=1S/C50H30N4/c1-2-15-32(16-3-1)47-50(52-49-38-21-9-7-19-36(38)35-18-6-8-20-37(35)48(49)51-47)54-42-25-13-11-23-40(42)46-44(54)29-28-43-45(46)39-22-10-12-24-41(39)53(43)34-27-26-31-14-4-5-17-33(31)30-34/h1-30H. The predicted molar refractivity (Wildman–Crippen MR) is 226 cm³/mol. The van der Waals surface area contributed by atoms with Crippen LogP contribution >= 0.6 is 0 Å². The Balaban J connectivity index is 1.25. The second kappa shape index (κ2) is 11.1. The highest BCUT2D eigenvalue weighted by Crippen LogP contribution is 2.44. The molecule has 0 unspecified atom stereocenters. The van der Waals surface area contributed by atoms with Gasteiger partial charge in [0.15, 0.2) is 5.82 Å². The molecule has 3 aromatic heterocycles. The number of rotatable bonds is 3. The van der Waals surface area contributed by atoms with Gasteiger partial charge in [-0.3, -0.25) is 4.57 Å². The van der Waals surface area contributed by atoms with E-state index in [0.717, 1.165) is 55.6 Å². The van der Waals surface area contributed by atoms with Gasteiger partial charge in [-0.05, 0) is 57.9 Å². The lowest BCUT2D eigenvalue weighted by Gasteiger charge is -2.16. The van der Waals surface area contributed by atoms with Crippen molar-refractivity contribution in [3.63, 3.8) is 0 Å². The van der Waals surface area contributed by atoms with Crippen LogP contribution in [-0.2, 0) is 0 Å². The van der Waals surface area contributed by atoms with Gasteiger partial charge in [0, 0.05) is 43.6 Å². The Morgan fingerprint density at radius 1 is 0.333 bits per heavy atom. The summed E-state index contributed by atoms with van der Waals surface area (Å²) in [5, 5.41) is 11.9. The van der Waals surface area contributed by atoms with Crippen LogP contribution in [0.25, 0.3) is 110 Å². The molecule has 4 heteroatoms. The lowest BCUT2D eigenvalue weighted by molar-refractivity contribution is 1.08. The van der Waals surface area contributed by atoms with Gasteiger partial charge in [-0.1, -0.05) is 146 Å². The molecule has 12 aromatic rings. The van der Waals surface area contributed by atoms with Gasteiger partial charge in [0.2, 0.25) is 0 Å². The quantitative estimate of drug-likeness (QED) is 0.173. The molecule has 0 spiro atoms. The molecule has 0 amide bonds. The molecule has 250 valence electrons. The predicted octanol–water partition coefficient (Wildman–Crippen LogP) is 13.0. The molecule has 3 heterocycles. The zero-order valence-electron chi connectivity index (χ0n) is 29.1. The van der Waals surface area contributed by atoms with Crippen molar-refractivity contribution in [1.29, 1.82) is 0 Å². The van der Waals surface area contributed by atoms with Gasteiger partial charge >= 0.3 is 0 Å². The van der Waals surface area contributed by atoms with E-state index in [9.17, 15) is 0 Å². The molecule has 4 nitrogen and oxygen atoms in total. The first-order chi connectivity index (χ1) is 26.8. The van der Waals surface area contributed by atoms with Crippen molar-refractivity contribution >= 4 is 87.0 Å². The van der Waals surface area contributed by atoms with Gasteiger partial charge in [-0.2, -0.15) is 0 Å². The van der Waals surface area contributed by atoms with Crippen molar-refractivity contribution in [2.75, 3.05) is 0 Å². The first-order valence-corrected chi connectivity index (χ1v) is 18.4. The molecule has 0 aliphatic rings. The third-order valence-corrected chi connectivity index (χ3v) is 11.3. The van der Waals surface area contributed by atoms with E-state index in [-0.39, 0.29) is 0 Å². The summed E-state index contributed by atoms with van der Waals surface area (Å²) in [6.45, 7) is 0. The average molecular weight is 687 g/mol. The summed E-state index contributed by atoms with van der Waals surface area (Å²) in [5.41, 5.74) is 9.39. The van der Waals surface area contributed by atoms with Gasteiger partial charge < -0.3 is 4.57 Å². The minimum absolute atomic E-state index is 0.818. The second-order valence-corrected chi connectivity index (χ2v) is 14.1. The number of para-hydroxylation sites is 2. The highest BCUT2D eigenvalue weighted by atomic mass is 15.1. The van der Waals surface area contributed by atoms with Gasteiger partial charge in [0.1, 0.15) is 5.69 Å². The van der Waals surface area contributed by atoms with E-state index in [4.69, 9.17) is 9.97 Å². The van der Waals surface area contributed by atoms with Crippen molar-refractivity contribution < 1.29 is 0 Å². The third-order valence-electron chi connectivity index (χ3n) is 11.3. The van der Waals surface area contributed by atoms with E-state index in [1.807, 2.05) is 0 Å². The fourth-order valence-electron chi connectivity index (χ4n) is 8.94. The van der Waals surface area contributed by atoms with Gasteiger partial charge in [-0.25, -0.2) is 9.97 Å². The van der Waals surface area contributed by atoms with E-state index >= 15 is 0 Å². The SMILES string of the molecule is c1ccc(-c2nc3c4ccccc4c4ccccc4c3nc2-n2c3ccccc3c3c4c5ccccc5n(-c5ccc6ccccc6c5)c4ccc32)cc1. The van der Waals surface area contributed by atoms with E-state index in [0.29, 0.717) is 0 Å². The fourth-order valence-corrected chi connectivity index (χ4v) is 8.94. The lowest BCUT2D eigenvalue weighted by atomic mass is 9.99. The van der Waals surface area contributed by atoms with E-state index < -0.39 is 0 Å². The highest BCUT2D eigenvalue weighted by Gasteiger charge is 2.24. The summed E-state index contributed by atoms with van der Waals surface area (Å²) >= 11 is 0. The molecule has 0 N–H and O–H groups in total. The lowest BCUT2D eigenvalue weighted by Crippen LogP contribution is -2.04. The van der Waals surface area contributed by atoms with Crippen molar-refractivity contribution in [1.82, 2.24) is 19.1 Å². The van der Waals surface area contributed by atoms with Crippen molar-refractivity contribution in [2.24, 2.45) is 0 Å². The summed E-state index contributed by atoms with van der Waals surface area (Å²) < 4.78 is 4.77.